The van der Waals surface area contributed by atoms with Crippen LogP contribution in [0.25, 0.3) is 6.08 Å². The highest BCUT2D eigenvalue weighted by atomic mass is 32.2. The van der Waals surface area contributed by atoms with Crippen molar-refractivity contribution in [1.29, 1.82) is 0 Å². The van der Waals surface area contributed by atoms with Crippen molar-refractivity contribution in [3.8, 4) is 23.0 Å². The second kappa shape index (κ2) is 17.5. The average molecular weight is 579 g/mol. The van der Waals surface area contributed by atoms with Gasteiger partial charge in [-0.1, -0.05) is 38.8 Å². The van der Waals surface area contributed by atoms with Crippen LogP contribution in [0.1, 0.15) is 64.0 Å². The molecule has 0 aromatic heterocycles. The molecule has 0 radical (unpaired) electrons. The van der Waals surface area contributed by atoms with Gasteiger partial charge in [0.25, 0.3) is 0 Å². The van der Waals surface area contributed by atoms with Crippen molar-refractivity contribution in [3.05, 3.63) is 53.1 Å². The van der Waals surface area contributed by atoms with Gasteiger partial charge in [-0.15, -0.1) is 0 Å². The van der Waals surface area contributed by atoms with Crippen LogP contribution in [-0.4, -0.2) is 58.8 Å². The summed E-state index contributed by atoms with van der Waals surface area (Å²) in [4.78, 5) is 11.7. The van der Waals surface area contributed by atoms with Crippen LogP contribution in [-0.2, 0) is 26.1 Å². The topological polar surface area (TPSA) is 118 Å². The molecule has 0 aliphatic rings. The maximum atomic E-state index is 12.2. The fraction of sp³-hybridized carbons (Fsp3) is 0.500. The molecular weight excluding hydrogens is 536 g/mol. The van der Waals surface area contributed by atoms with Crippen molar-refractivity contribution < 1.29 is 41.4 Å². The van der Waals surface area contributed by atoms with Gasteiger partial charge in [-0.25, -0.2) is 4.79 Å². The molecule has 0 heterocycles. The largest absolute Gasteiger partial charge is 0.493 e. The molecule has 222 valence electrons. The Morgan fingerprint density at radius 1 is 0.875 bits per heavy atom. The predicted octanol–water partition coefficient (Wildman–Crippen LogP) is 5.90. The van der Waals surface area contributed by atoms with Gasteiger partial charge < -0.3 is 28.2 Å². The van der Waals surface area contributed by atoms with Gasteiger partial charge in [0, 0.05) is 25.0 Å². The van der Waals surface area contributed by atoms with Crippen LogP contribution < -0.4 is 18.4 Å². The Labute approximate surface area is 238 Å². The molecule has 0 aliphatic heterocycles. The molecule has 0 atom stereocenters. The summed E-state index contributed by atoms with van der Waals surface area (Å²) in [5.41, 5.74) is 1.83. The zero-order valence-corrected chi connectivity index (χ0v) is 24.8. The zero-order chi connectivity index (χ0) is 29.4. The van der Waals surface area contributed by atoms with Crippen molar-refractivity contribution >= 4 is 22.2 Å². The molecule has 1 N–H and O–H groups in total. The summed E-state index contributed by atoms with van der Waals surface area (Å²) < 4.78 is 52.3. The molecule has 0 amide bonds. The van der Waals surface area contributed by atoms with Gasteiger partial charge in [0.15, 0.2) is 23.0 Å². The first kappa shape index (κ1) is 33.0. The number of hydrogen-bond acceptors (Lipinski definition) is 8. The highest BCUT2D eigenvalue weighted by Crippen LogP contribution is 2.32. The number of aliphatic carboxylic acids is 1. The van der Waals surface area contributed by atoms with Crippen LogP contribution >= 0.6 is 0 Å². The SMILES string of the molecule is CCCCOc1cc(C=C(CCOCC)C(=O)O)ccc1OCCc1ccc(OS(=O)(=O)CCCC)c(OC)c1. The third-order valence-corrected chi connectivity index (χ3v) is 7.12. The Morgan fingerprint density at radius 3 is 2.27 bits per heavy atom. The number of carboxylic acids is 1. The summed E-state index contributed by atoms with van der Waals surface area (Å²) in [6, 6.07) is 10.4. The first-order valence-corrected chi connectivity index (χ1v) is 15.3. The molecule has 0 bridgehead atoms. The van der Waals surface area contributed by atoms with Gasteiger partial charge in [0.1, 0.15) is 0 Å². The smallest absolute Gasteiger partial charge is 0.331 e. The Hall–Kier alpha value is -3.24. The van der Waals surface area contributed by atoms with Crippen LogP contribution in [0.3, 0.4) is 0 Å². The number of carbonyl (C=O) groups is 1. The maximum absolute atomic E-state index is 12.2. The lowest BCUT2D eigenvalue weighted by Gasteiger charge is -2.15. The second-order valence-corrected chi connectivity index (χ2v) is 10.8. The summed E-state index contributed by atoms with van der Waals surface area (Å²) in [5, 5.41) is 9.57. The molecule has 0 aliphatic carbocycles. The maximum Gasteiger partial charge on any atom is 0.331 e. The van der Waals surface area contributed by atoms with Crippen LogP contribution in [0.4, 0.5) is 0 Å². The summed E-state index contributed by atoms with van der Waals surface area (Å²) >= 11 is 0. The number of carboxylic acid groups (broad SMARTS) is 1. The fourth-order valence-corrected chi connectivity index (χ4v) is 4.79. The van der Waals surface area contributed by atoms with Gasteiger partial charge in [0.05, 0.1) is 32.7 Å². The van der Waals surface area contributed by atoms with Crippen molar-refractivity contribution in [2.75, 3.05) is 39.3 Å². The minimum absolute atomic E-state index is 0.0512. The lowest BCUT2D eigenvalue weighted by Crippen LogP contribution is -2.14. The third kappa shape index (κ3) is 11.5. The van der Waals surface area contributed by atoms with Crippen LogP contribution in [0, 0.1) is 0 Å². The van der Waals surface area contributed by atoms with E-state index < -0.39 is 16.1 Å². The normalized spacial score (nSPS) is 11.8. The molecule has 9 nitrogen and oxygen atoms in total. The average Bonchev–Trinajstić information content (AvgIpc) is 2.93. The Bertz CT molecular complexity index is 1210. The molecule has 0 saturated heterocycles. The van der Waals surface area contributed by atoms with E-state index in [4.69, 9.17) is 23.1 Å². The molecule has 10 heteroatoms. The molecule has 0 unspecified atom stereocenters. The molecular formula is C30H42O9S. The summed E-state index contributed by atoms with van der Waals surface area (Å²) in [6.07, 6.45) is 5.56. The van der Waals surface area contributed by atoms with Gasteiger partial charge >= 0.3 is 16.1 Å². The van der Waals surface area contributed by atoms with E-state index in [-0.39, 0.29) is 17.1 Å². The van der Waals surface area contributed by atoms with E-state index in [1.807, 2.05) is 13.8 Å². The van der Waals surface area contributed by atoms with E-state index >= 15 is 0 Å². The Balaban J connectivity index is 2.14. The second-order valence-electron chi connectivity index (χ2n) is 9.11. The molecule has 0 fully saturated rings. The standard InChI is InChI=1S/C30H42O9S/c1-5-8-16-37-29-22-24(20-25(30(31)32)15-17-36-7-3)11-12-26(29)38-18-14-23-10-13-27(28(21-23)35-4)39-40(33,34)19-9-6-2/h10-13,20-22H,5-9,14-19H2,1-4H3,(H,31,32). The summed E-state index contributed by atoms with van der Waals surface area (Å²) in [7, 11) is -2.23. The molecule has 2 rings (SSSR count). The van der Waals surface area contributed by atoms with E-state index in [2.05, 4.69) is 6.92 Å². The van der Waals surface area contributed by atoms with Crippen LogP contribution in [0.15, 0.2) is 42.0 Å². The van der Waals surface area contributed by atoms with Crippen molar-refractivity contribution in [1.82, 2.24) is 0 Å². The van der Waals surface area contributed by atoms with Crippen LogP contribution in [0.2, 0.25) is 0 Å². The molecule has 0 saturated carbocycles. The fourth-order valence-electron chi connectivity index (χ4n) is 3.66. The Morgan fingerprint density at radius 2 is 1.60 bits per heavy atom. The van der Waals surface area contributed by atoms with E-state index in [0.717, 1.165) is 24.8 Å². The molecule has 0 spiro atoms. The van der Waals surface area contributed by atoms with E-state index in [1.54, 1.807) is 42.5 Å². The third-order valence-electron chi connectivity index (χ3n) is 5.90. The zero-order valence-electron chi connectivity index (χ0n) is 23.9. The first-order chi connectivity index (χ1) is 19.2. The summed E-state index contributed by atoms with van der Waals surface area (Å²) in [6.45, 7) is 7.55. The predicted molar refractivity (Wildman–Crippen MR) is 155 cm³/mol. The first-order valence-electron chi connectivity index (χ1n) is 13.7. The van der Waals surface area contributed by atoms with Gasteiger partial charge in [-0.2, -0.15) is 8.42 Å². The molecule has 2 aromatic carbocycles. The number of hydrogen-bond donors (Lipinski definition) is 1. The van der Waals surface area contributed by atoms with Gasteiger partial charge in [0.2, 0.25) is 0 Å². The molecule has 40 heavy (non-hydrogen) atoms. The summed E-state index contributed by atoms with van der Waals surface area (Å²) in [5.74, 6) is 0.531. The van der Waals surface area contributed by atoms with Gasteiger partial charge in [-0.05, 0) is 61.2 Å². The quantitative estimate of drug-likeness (QED) is 0.116. The van der Waals surface area contributed by atoms with Gasteiger partial charge in [-0.3, -0.25) is 0 Å². The number of ether oxygens (including phenoxy) is 4. The van der Waals surface area contributed by atoms with Crippen molar-refractivity contribution in [3.63, 3.8) is 0 Å². The number of unbranched alkanes of at least 4 members (excludes halogenated alkanes) is 2. The number of benzene rings is 2. The minimum atomic E-state index is -3.69. The minimum Gasteiger partial charge on any atom is -0.493 e. The molecule has 2 aromatic rings. The van der Waals surface area contributed by atoms with E-state index in [1.165, 1.54) is 7.11 Å². The highest BCUT2D eigenvalue weighted by Gasteiger charge is 2.16. The number of rotatable bonds is 20. The lowest BCUT2D eigenvalue weighted by atomic mass is 10.1. The monoisotopic (exact) mass is 578 g/mol. The lowest BCUT2D eigenvalue weighted by molar-refractivity contribution is -0.132. The Kier molecular flexibility index (Phi) is 14.4. The van der Waals surface area contributed by atoms with E-state index in [9.17, 15) is 18.3 Å². The van der Waals surface area contributed by atoms with E-state index in [0.29, 0.717) is 68.5 Å². The van der Waals surface area contributed by atoms with Crippen molar-refractivity contribution in [2.45, 2.75) is 59.3 Å². The highest BCUT2D eigenvalue weighted by molar-refractivity contribution is 7.87. The number of methoxy groups -OCH3 is 1. The van der Waals surface area contributed by atoms with Crippen LogP contribution in [0.5, 0.6) is 23.0 Å². The van der Waals surface area contributed by atoms with Crippen molar-refractivity contribution in [2.24, 2.45) is 0 Å².